The predicted molar refractivity (Wildman–Crippen MR) is 82.4 cm³/mol. The van der Waals surface area contributed by atoms with E-state index in [4.69, 9.17) is 5.73 Å². The molecule has 2 heteroatoms. The van der Waals surface area contributed by atoms with E-state index in [2.05, 4.69) is 42.2 Å². The van der Waals surface area contributed by atoms with Gasteiger partial charge >= 0.3 is 0 Å². The lowest BCUT2D eigenvalue weighted by Crippen LogP contribution is -2.41. The van der Waals surface area contributed by atoms with Crippen LogP contribution < -0.4 is 5.73 Å². The molecule has 0 amide bonds. The van der Waals surface area contributed by atoms with Gasteiger partial charge in [0.2, 0.25) is 0 Å². The first-order valence-corrected chi connectivity index (χ1v) is 7.84. The van der Waals surface area contributed by atoms with Crippen molar-refractivity contribution in [3.63, 3.8) is 0 Å². The van der Waals surface area contributed by atoms with Gasteiger partial charge in [-0.1, -0.05) is 43.7 Å². The third-order valence-corrected chi connectivity index (χ3v) is 4.44. The first-order valence-electron chi connectivity index (χ1n) is 7.84. The van der Waals surface area contributed by atoms with Gasteiger partial charge < -0.3 is 10.6 Å². The maximum absolute atomic E-state index is 5.76. The largest absolute Gasteiger partial charge is 0.330 e. The molecular weight excluding hydrogens is 232 g/mol. The fourth-order valence-corrected chi connectivity index (χ4v) is 3.36. The summed E-state index contributed by atoms with van der Waals surface area (Å²) in [4.78, 5) is 2.68. The molecule has 1 fully saturated rings. The summed E-state index contributed by atoms with van der Waals surface area (Å²) in [6, 6.07) is 11.7. The topological polar surface area (TPSA) is 29.3 Å². The van der Waals surface area contributed by atoms with Crippen LogP contribution in [0.15, 0.2) is 30.3 Å². The third kappa shape index (κ3) is 4.05. The molecule has 1 unspecified atom stereocenters. The summed E-state index contributed by atoms with van der Waals surface area (Å²) in [7, 11) is 0. The molecule has 1 aliphatic rings. The van der Waals surface area contributed by atoms with E-state index in [1.165, 1.54) is 44.3 Å². The second-order valence-corrected chi connectivity index (χ2v) is 5.74. The minimum Gasteiger partial charge on any atom is -0.330 e. The third-order valence-electron chi connectivity index (χ3n) is 4.44. The summed E-state index contributed by atoms with van der Waals surface area (Å²) in [6.07, 6.45) is 6.32. The molecule has 0 aliphatic carbocycles. The van der Waals surface area contributed by atoms with Crippen LogP contribution in [0, 0.1) is 0 Å². The lowest BCUT2D eigenvalue weighted by Gasteiger charge is -2.37. The lowest BCUT2D eigenvalue weighted by atomic mass is 9.88. The zero-order valence-electron chi connectivity index (χ0n) is 12.2. The molecule has 1 heterocycles. The predicted octanol–water partition coefficient (Wildman–Crippen LogP) is 3.38. The fourth-order valence-electron chi connectivity index (χ4n) is 3.36. The molecule has 19 heavy (non-hydrogen) atoms. The summed E-state index contributed by atoms with van der Waals surface area (Å²) in [5, 5.41) is 0. The molecule has 1 atom stereocenters. The summed E-state index contributed by atoms with van der Waals surface area (Å²) in [5.41, 5.74) is 7.28. The SMILES string of the molecule is CCCC(CCN)N1CCC(c2ccccc2)CC1. The number of nitrogens with zero attached hydrogens (tertiary/aromatic N) is 1. The average molecular weight is 260 g/mol. The van der Waals surface area contributed by atoms with Crippen molar-refractivity contribution in [1.29, 1.82) is 0 Å². The highest BCUT2D eigenvalue weighted by atomic mass is 15.2. The van der Waals surface area contributed by atoms with Gasteiger partial charge in [0, 0.05) is 6.04 Å². The number of likely N-dealkylation sites (tertiary alicyclic amines) is 1. The minimum atomic E-state index is 0.715. The molecule has 2 rings (SSSR count). The average Bonchev–Trinajstić information content (AvgIpc) is 2.48. The van der Waals surface area contributed by atoms with Crippen molar-refractivity contribution in [2.24, 2.45) is 5.73 Å². The first-order chi connectivity index (χ1) is 9.35. The monoisotopic (exact) mass is 260 g/mol. The molecule has 0 saturated carbocycles. The lowest BCUT2D eigenvalue weighted by molar-refractivity contribution is 0.138. The van der Waals surface area contributed by atoms with Gasteiger partial charge in [-0.2, -0.15) is 0 Å². The Balaban J connectivity index is 1.87. The first kappa shape index (κ1) is 14.5. The second kappa shape index (κ2) is 7.66. The maximum Gasteiger partial charge on any atom is 0.0107 e. The standard InChI is InChI=1S/C17H28N2/c1-2-6-17(9-12-18)19-13-10-16(11-14-19)15-7-4-3-5-8-15/h3-5,7-8,16-17H,2,6,9-14,18H2,1H3. The Morgan fingerprint density at radius 3 is 2.42 bits per heavy atom. The zero-order valence-corrected chi connectivity index (χ0v) is 12.2. The summed E-state index contributed by atoms with van der Waals surface area (Å²) < 4.78 is 0. The Morgan fingerprint density at radius 2 is 1.84 bits per heavy atom. The Kier molecular flexibility index (Phi) is 5.87. The normalized spacial score (nSPS) is 19.5. The van der Waals surface area contributed by atoms with Crippen LogP contribution in [0.3, 0.4) is 0 Å². The highest BCUT2D eigenvalue weighted by Crippen LogP contribution is 2.29. The molecule has 106 valence electrons. The van der Waals surface area contributed by atoms with E-state index in [0.717, 1.165) is 18.9 Å². The summed E-state index contributed by atoms with van der Waals surface area (Å²) in [6.45, 7) is 5.58. The van der Waals surface area contributed by atoms with E-state index in [9.17, 15) is 0 Å². The van der Waals surface area contributed by atoms with Crippen molar-refractivity contribution in [1.82, 2.24) is 4.90 Å². The number of hydrogen-bond donors (Lipinski definition) is 1. The molecule has 0 spiro atoms. The van der Waals surface area contributed by atoms with Crippen LogP contribution in [-0.2, 0) is 0 Å². The summed E-state index contributed by atoms with van der Waals surface area (Å²) in [5.74, 6) is 0.762. The van der Waals surface area contributed by atoms with Crippen LogP contribution in [0.25, 0.3) is 0 Å². The van der Waals surface area contributed by atoms with E-state index >= 15 is 0 Å². The van der Waals surface area contributed by atoms with E-state index in [0.29, 0.717) is 6.04 Å². The van der Waals surface area contributed by atoms with E-state index in [1.807, 2.05) is 0 Å². The van der Waals surface area contributed by atoms with Crippen LogP contribution in [0.5, 0.6) is 0 Å². The Labute approximate surface area is 118 Å². The Morgan fingerprint density at radius 1 is 1.16 bits per heavy atom. The van der Waals surface area contributed by atoms with E-state index < -0.39 is 0 Å². The molecule has 2 nitrogen and oxygen atoms in total. The van der Waals surface area contributed by atoms with Gasteiger partial charge in [-0.3, -0.25) is 0 Å². The fraction of sp³-hybridized carbons (Fsp3) is 0.647. The smallest absolute Gasteiger partial charge is 0.0107 e. The Hall–Kier alpha value is -0.860. The maximum atomic E-state index is 5.76. The van der Waals surface area contributed by atoms with Crippen LogP contribution in [0.2, 0.25) is 0 Å². The quantitative estimate of drug-likeness (QED) is 0.849. The van der Waals surface area contributed by atoms with Crippen molar-refractivity contribution in [3.05, 3.63) is 35.9 Å². The van der Waals surface area contributed by atoms with Gasteiger partial charge in [-0.25, -0.2) is 0 Å². The molecule has 0 bridgehead atoms. The van der Waals surface area contributed by atoms with E-state index in [1.54, 1.807) is 0 Å². The van der Waals surface area contributed by atoms with Crippen LogP contribution in [0.4, 0.5) is 0 Å². The van der Waals surface area contributed by atoms with Crippen LogP contribution in [-0.4, -0.2) is 30.6 Å². The van der Waals surface area contributed by atoms with Gasteiger partial charge in [-0.05, 0) is 56.8 Å². The summed E-state index contributed by atoms with van der Waals surface area (Å²) >= 11 is 0. The highest BCUT2D eigenvalue weighted by Gasteiger charge is 2.24. The van der Waals surface area contributed by atoms with Gasteiger partial charge in [0.15, 0.2) is 0 Å². The molecule has 0 radical (unpaired) electrons. The number of nitrogens with two attached hydrogens (primary N) is 1. The number of rotatable bonds is 6. The van der Waals surface area contributed by atoms with Crippen molar-refractivity contribution in [3.8, 4) is 0 Å². The Bertz CT molecular complexity index is 336. The van der Waals surface area contributed by atoms with Gasteiger partial charge in [0.1, 0.15) is 0 Å². The van der Waals surface area contributed by atoms with Crippen LogP contribution in [0.1, 0.15) is 50.5 Å². The van der Waals surface area contributed by atoms with Crippen molar-refractivity contribution < 1.29 is 0 Å². The van der Waals surface area contributed by atoms with Crippen molar-refractivity contribution in [2.45, 2.75) is 51.0 Å². The highest BCUT2D eigenvalue weighted by molar-refractivity contribution is 5.20. The van der Waals surface area contributed by atoms with Crippen molar-refractivity contribution >= 4 is 0 Å². The molecular formula is C17H28N2. The minimum absolute atomic E-state index is 0.715. The molecule has 1 aromatic rings. The number of hydrogen-bond acceptors (Lipinski definition) is 2. The molecule has 1 aliphatic heterocycles. The van der Waals surface area contributed by atoms with E-state index in [-0.39, 0.29) is 0 Å². The van der Waals surface area contributed by atoms with Crippen molar-refractivity contribution in [2.75, 3.05) is 19.6 Å². The molecule has 0 aromatic heterocycles. The number of benzene rings is 1. The zero-order chi connectivity index (χ0) is 13.5. The number of piperidine rings is 1. The molecule has 2 N–H and O–H groups in total. The van der Waals surface area contributed by atoms with Gasteiger partial charge in [0.25, 0.3) is 0 Å². The van der Waals surface area contributed by atoms with Gasteiger partial charge in [-0.15, -0.1) is 0 Å². The van der Waals surface area contributed by atoms with Gasteiger partial charge in [0.05, 0.1) is 0 Å². The molecule has 1 saturated heterocycles. The second-order valence-electron chi connectivity index (χ2n) is 5.74. The van der Waals surface area contributed by atoms with Crippen LogP contribution >= 0.6 is 0 Å². The molecule has 1 aromatic carbocycles.